The number of rotatable bonds is 20. The lowest BCUT2D eigenvalue weighted by molar-refractivity contribution is -0.197. The molecule has 9 atom stereocenters. The van der Waals surface area contributed by atoms with E-state index in [1.165, 1.54) is 26.2 Å². The molecule has 9 N–H and O–H groups in total. The summed E-state index contributed by atoms with van der Waals surface area (Å²) >= 11 is 13.4. The Kier molecular flexibility index (Phi) is 22.7. The number of hydrogen-bond acceptors (Lipinski definition) is 17. The van der Waals surface area contributed by atoms with Crippen LogP contribution in [0.3, 0.4) is 0 Å². The number of primary amides is 1. The minimum atomic E-state index is -1.95. The van der Waals surface area contributed by atoms with E-state index in [1.807, 2.05) is 6.92 Å². The highest BCUT2D eigenvalue weighted by molar-refractivity contribution is 6.35. The van der Waals surface area contributed by atoms with Crippen LogP contribution in [-0.2, 0) is 63.8 Å². The lowest BCUT2D eigenvalue weighted by Crippen LogP contribution is -2.63. The first-order chi connectivity index (χ1) is 40.1. The van der Waals surface area contributed by atoms with Gasteiger partial charge in [0.25, 0.3) is 11.8 Å². The van der Waals surface area contributed by atoms with Crippen molar-refractivity contribution in [2.45, 2.75) is 153 Å². The monoisotopic (exact) mass is 1230 g/mol. The Hall–Kier alpha value is -7.59. The third-order valence-electron chi connectivity index (χ3n) is 14.9. The Labute approximate surface area is 499 Å². The summed E-state index contributed by atoms with van der Waals surface area (Å²) in [5, 5.41) is 26.9. The van der Waals surface area contributed by atoms with Crippen LogP contribution < -0.4 is 47.3 Å². The Bertz CT molecular complexity index is 2970. The van der Waals surface area contributed by atoms with E-state index in [0.29, 0.717) is 17.0 Å². The lowest BCUT2D eigenvalue weighted by Gasteiger charge is -2.42. The second kappa shape index (κ2) is 29.0. The molecule has 4 bridgehead atoms. The maximum atomic E-state index is 16.1. The summed E-state index contributed by atoms with van der Waals surface area (Å²) in [6.45, 7) is 8.38. The summed E-state index contributed by atoms with van der Waals surface area (Å²) in [6, 6.07) is 1.73. The van der Waals surface area contributed by atoms with Crippen LogP contribution in [0.2, 0.25) is 10.0 Å². The highest BCUT2D eigenvalue weighted by Crippen LogP contribution is 2.49. The minimum absolute atomic E-state index is 0.0225. The molecule has 6 rings (SSSR count). The van der Waals surface area contributed by atoms with Crippen LogP contribution in [-0.4, -0.2) is 145 Å². The second-order valence-corrected chi connectivity index (χ2v) is 22.4. The van der Waals surface area contributed by atoms with Gasteiger partial charge in [0.1, 0.15) is 52.6 Å². The molecule has 26 nitrogen and oxygen atoms in total. The van der Waals surface area contributed by atoms with E-state index in [-0.39, 0.29) is 91.5 Å². The van der Waals surface area contributed by atoms with Crippen molar-refractivity contribution in [2.75, 3.05) is 43.3 Å². The van der Waals surface area contributed by atoms with E-state index in [2.05, 4.69) is 31.9 Å². The van der Waals surface area contributed by atoms with Gasteiger partial charge in [0, 0.05) is 64.8 Å². The Morgan fingerprint density at radius 2 is 1.64 bits per heavy atom. The third kappa shape index (κ3) is 17.3. The van der Waals surface area contributed by atoms with Gasteiger partial charge in [0.15, 0.2) is 5.72 Å². The molecule has 10 amide bonds. The molecule has 0 saturated carbocycles. The summed E-state index contributed by atoms with van der Waals surface area (Å²) in [6.07, 6.45) is -1.98. The van der Waals surface area contributed by atoms with Gasteiger partial charge in [-0.05, 0) is 75.6 Å². The Morgan fingerprint density at radius 1 is 0.941 bits per heavy atom. The molecule has 0 unspecified atom stereocenters. The van der Waals surface area contributed by atoms with Crippen molar-refractivity contribution >= 4 is 99.9 Å². The molecule has 3 fully saturated rings. The Morgan fingerprint density at radius 3 is 2.29 bits per heavy atom. The molecule has 0 aromatic heterocycles. The van der Waals surface area contributed by atoms with E-state index in [9.17, 15) is 53.1 Å². The average Bonchev–Trinajstić information content (AvgIpc) is 1.66. The number of imide groups is 1. The first-order valence-corrected chi connectivity index (χ1v) is 28.2. The van der Waals surface area contributed by atoms with Gasteiger partial charge < -0.3 is 65.5 Å². The minimum Gasteiger partial charge on any atom is -0.495 e. The van der Waals surface area contributed by atoms with Crippen molar-refractivity contribution in [2.24, 2.45) is 17.6 Å². The molecule has 4 aliphatic heterocycles. The van der Waals surface area contributed by atoms with Gasteiger partial charge in [-0.3, -0.25) is 39.4 Å². The molecule has 464 valence electrons. The molecule has 29 heteroatoms. The van der Waals surface area contributed by atoms with Crippen molar-refractivity contribution in [1.82, 2.24) is 26.3 Å². The molecular formula is C56H72Cl2FN9O17. The van der Waals surface area contributed by atoms with Gasteiger partial charge in [-0.1, -0.05) is 67.8 Å². The number of benzene rings is 2. The number of anilines is 3. The first kappa shape index (κ1) is 66.5. The number of halogens is 3. The first-order valence-electron chi connectivity index (χ1n) is 27.4. The van der Waals surface area contributed by atoms with Crippen LogP contribution in [0.4, 0.5) is 35.8 Å². The molecule has 3 saturated heterocycles. The zero-order chi connectivity index (χ0) is 62.7. The van der Waals surface area contributed by atoms with E-state index in [0.717, 1.165) is 17.7 Å². The predicted octanol–water partition coefficient (Wildman–Crippen LogP) is 5.35. The van der Waals surface area contributed by atoms with E-state index < -0.39 is 137 Å². The zero-order valence-corrected chi connectivity index (χ0v) is 49.7. The number of allylic oxidation sites excluding steroid dienone is 3. The number of hydrogen-bond donors (Lipinski definition) is 8. The van der Waals surface area contributed by atoms with Crippen molar-refractivity contribution < 1.29 is 86.0 Å². The highest BCUT2D eigenvalue weighted by Gasteiger charge is 2.64. The number of carbonyl (C=O) groups is 10. The zero-order valence-electron chi connectivity index (χ0n) is 48.2. The van der Waals surface area contributed by atoms with Crippen LogP contribution in [0.15, 0.2) is 48.1 Å². The molecule has 4 aliphatic rings. The number of hydroxylamine groups is 2. The maximum absolute atomic E-state index is 16.1. The predicted molar refractivity (Wildman–Crippen MR) is 304 cm³/mol. The SMILES string of the molecule is COc1cc2cc(c1Cl)N(C)C(=O)C[C@H](OC(=O)Nc1cc(F)c(NC(=O)[C@H](CCCNC(N)=O)NC(=O)[C@@H](NC(=O)CCCCC(=O)ON3C(=O)CCC3=O)C(C)C)cc1Cl)[C@]1(C)O[C@H]1[C@H](C)[C@@H]1C[C@@](O)(NC(=O)O1)[C@H](OC)/C=C/C=C(\C)C2. The molecule has 0 radical (unpaired) electrons. The number of nitrogens with zero attached hydrogens (tertiary/aromatic N) is 2. The summed E-state index contributed by atoms with van der Waals surface area (Å²) in [7, 11) is 4.27. The standard InChI is InChI=1S/C56H72Cl2FN9O17/c1-28(2)48(65-42(69)16-9-10-17-46(73)85-68-43(70)18-19-44(68)71)51(75)62-34(14-12-20-61-52(60)76)50(74)63-36-24-32(57)35(25-33(36)59)64-53(77)83-41-26-45(72)67(6)37-22-31(23-38(80-7)47(37)58)21-29(3)13-11-15-40(81-8)56(79)27-39(82-54(78)66-56)30(4)49-55(41,5)84-49/h11,13,15,22-25,28,30,34,39-41,48-49,79H,9-10,12,14,16-21,26-27H2,1-8H3,(H,62,75)(H,63,74)(H,64,77)(H,65,69)(H,66,78)(H3,60,61,76)/b15-11+,29-13+/t30-,34+,39+,40-,41+,48+,49+,55+,56+/m1/s1. The number of amides is 10. The second-order valence-electron chi connectivity index (χ2n) is 21.7. The van der Waals surface area contributed by atoms with Crippen molar-refractivity contribution in [3.8, 4) is 5.75 Å². The van der Waals surface area contributed by atoms with Crippen LogP contribution in [0.25, 0.3) is 0 Å². The molecule has 0 spiro atoms. The maximum Gasteiger partial charge on any atom is 0.412 e. The van der Waals surface area contributed by atoms with E-state index in [4.69, 9.17) is 57.5 Å². The third-order valence-corrected chi connectivity index (χ3v) is 15.5. The van der Waals surface area contributed by atoms with Crippen LogP contribution >= 0.6 is 23.2 Å². The summed E-state index contributed by atoms with van der Waals surface area (Å²) in [5.74, 6) is -7.11. The number of carbonyl (C=O) groups excluding carboxylic acids is 10. The number of methoxy groups -OCH3 is 2. The van der Waals surface area contributed by atoms with Crippen LogP contribution in [0.5, 0.6) is 5.75 Å². The number of ether oxygens (including phenoxy) is 5. The highest BCUT2D eigenvalue weighted by atomic mass is 35.5. The molecule has 4 heterocycles. The number of fused-ring (bicyclic) bond motifs is 5. The van der Waals surface area contributed by atoms with E-state index >= 15 is 4.39 Å². The van der Waals surface area contributed by atoms with Gasteiger partial charge in [0.2, 0.25) is 23.6 Å². The summed E-state index contributed by atoms with van der Waals surface area (Å²) in [4.78, 5) is 135. The number of aliphatic hydroxyl groups is 1. The van der Waals surface area contributed by atoms with Crippen molar-refractivity contribution in [3.05, 3.63) is 69.5 Å². The molecule has 85 heavy (non-hydrogen) atoms. The lowest BCUT2D eigenvalue weighted by atomic mass is 9.83. The number of nitrogens with two attached hydrogens (primary N) is 1. The normalized spacial score (nSPS) is 25.0. The smallest absolute Gasteiger partial charge is 0.412 e. The number of epoxide rings is 1. The molecule has 2 aromatic rings. The van der Waals surface area contributed by atoms with Crippen molar-refractivity contribution in [1.29, 1.82) is 0 Å². The molecule has 2 aromatic carbocycles. The van der Waals surface area contributed by atoms with Gasteiger partial charge in [-0.2, -0.15) is 0 Å². The van der Waals surface area contributed by atoms with Crippen LogP contribution in [0, 0.1) is 17.7 Å². The Balaban J connectivity index is 1.17. The van der Waals surface area contributed by atoms with Crippen molar-refractivity contribution in [3.63, 3.8) is 0 Å². The van der Waals surface area contributed by atoms with Gasteiger partial charge in [-0.15, -0.1) is 5.06 Å². The van der Waals surface area contributed by atoms with E-state index in [1.54, 1.807) is 58.1 Å². The fourth-order valence-electron chi connectivity index (χ4n) is 10.0. The quantitative estimate of drug-likeness (QED) is 0.0471. The fraction of sp³-hybridized carbons (Fsp3) is 0.536. The fourth-order valence-corrected chi connectivity index (χ4v) is 10.5. The number of alkyl carbamates (subject to hydrolysis) is 1. The summed E-state index contributed by atoms with van der Waals surface area (Å²) in [5.41, 5.74) is 2.77. The number of nitrogens with one attached hydrogen (secondary N) is 6. The van der Waals surface area contributed by atoms with Gasteiger partial charge in [-0.25, -0.2) is 23.6 Å². The number of urea groups is 1. The molecule has 0 aliphatic carbocycles. The van der Waals surface area contributed by atoms with Gasteiger partial charge >= 0.3 is 24.2 Å². The topological polar surface area (TPSA) is 354 Å². The van der Waals surface area contributed by atoms with Crippen LogP contribution in [0.1, 0.15) is 104 Å². The van der Waals surface area contributed by atoms with Gasteiger partial charge in [0.05, 0.1) is 41.7 Å². The molecular weight excluding hydrogens is 1160 g/mol. The summed E-state index contributed by atoms with van der Waals surface area (Å²) < 4.78 is 45.2. The largest absolute Gasteiger partial charge is 0.495 e. The average molecular weight is 1230 g/mol. The number of unbranched alkanes of at least 4 members (excludes halogenated alkanes) is 1.